The number of nitrogens with one attached hydrogen (secondary N) is 2. The molecule has 0 unspecified atom stereocenters. The highest BCUT2D eigenvalue weighted by molar-refractivity contribution is 5.79. The van der Waals surface area contributed by atoms with Crippen molar-refractivity contribution < 1.29 is 28.6 Å². The molecule has 2 heterocycles. The molecule has 1 aliphatic heterocycles. The molecule has 1 aromatic heterocycles. The number of alkyl carbamates (subject to hydrolysis) is 1. The largest absolute Gasteiger partial charge is 0.480 e. The van der Waals surface area contributed by atoms with Crippen LogP contribution in [0.2, 0.25) is 0 Å². The summed E-state index contributed by atoms with van der Waals surface area (Å²) in [6.45, 7) is 3.26. The SMILES string of the molecule is COCCN(CCCCc1ccc2c(n1)NCCC2)CC[C@H](NC(=O)OCc1cccc(F)c1)C(=O)O. The minimum absolute atomic E-state index is 0.148. The number of nitrogens with zero attached hydrogens (tertiary/aromatic N) is 2. The van der Waals surface area contributed by atoms with Crippen molar-refractivity contribution in [2.45, 2.75) is 51.2 Å². The van der Waals surface area contributed by atoms with Crippen LogP contribution >= 0.6 is 0 Å². The first kappa shape index (κ1) is 28.3. The number of aliphatic carboxylic acids is 1. The van der Waals surface area contributed by atoms with E-state index in [1.165, 1.54) is 23.8 Å². The van der Waals surface area contributed by atoms with Gasteiger partial charge in [-0.3, -0.25) is 0 Å². The molecule has 0 saturated heterocycles. The summed E-state index contributed by atoms with van der Waals surface area (Å²) in [5.41, 5.74) is 2.83. The molecular weight excluding hydrogens is 479 g/mol. The van der Waals surface area contributed by atoms with Gasteiger partial charge in [-0.2, -0.15) is 0 Å². The van der Waals surface area contributed by atoms with Crippen molar-refractivity contribution >= 4 is 17.9 Å². The normalized spacial score (nSPS) is 13.5. The molecule has 3 rings (SSSR count). The molecule has 0 radical (unpaired) electrons. The number of hydrogen-bond acceptors (Lipinski definition) is 7. The molecule has 0 aliphatic carbocycles. The number of carboxylic acids is 1. The average molecular weight is 517 g/mol. The summed E-state index contributed by atoms with van der Waals surface area (Å²) in [5.74, 6) is -0.564. The van der Waals surface area contributed by atoms with E-state index in [1.54, 1.807) is 13.2 Å². The number of carbonyl (C=O) groups excluding carboxylic acids is 1. The van der Waals surface area contributed by atoms with Gasteiger partial charge >= 0.3 is 12.1 Å². The Morgan fingerprint density at radius 3 is 2.86 bits per heavy atom. The maximum absolute atomic E-state index is 13.3. The highest BCUT2D eigenvalue weighted by Crippen LogP contribution is 2.20. The Bertz CT molecular complexity index is 1020. The van der Waals surface area contributed by atoms with Gasteiger partial charge in [0, 0.05) is 32.4 Å². The smallest absolute Gasteiger partial charge is 0.408 e. The third kappa shape index (κ3) is 9.97. The first-order valence-corrected chi connectivity index (χ1v) is 12.8. The number of methoxy groups -OCH3 is 1. The summed E-state index contributed by atoms with van der Waals surface area (Å²) >= 11 is 0. The molecule has 9 nitrogen and oxygen atoms in total. The van der Waals surface area contributed by atoms with Crippen LogP contribution in [0.3, 0.4) is 0 Å². The lowest BCUT2D eigenvalue weighted by Gasteiger charge is -2.24. The second kappa shape index (κ2) is 15.1. The van der Waals surface area contributed by atoms with Crippen LogP contribution in [0.1, 0.15) is 42.5 Å². The summed E-state index contributed by atoms with van der Waals surface area (Å²) in [5, 5.41) is 15.3. The fraction of sp³-hybridized carbons (Fsp3) is 0.519. The van der Waals surface area contributed by atoms with Crippen molar-refractivity contribution in [3.8, 4) is 0 Å². The van der Waals surface area contributed by atoms with Crippen molar-refractivity contribution in [1.29, 1.82) is 0 Å². The average Bonchev–Trinajstić information content (AvgIpc) is 2.90. The van der Waals surface area contributed by atoms with Gasteiger partial charge in [0.05, 0.1) is 6.61 Å². The maximum atomic E-state index is 13.3. The number of pyridine rings is 1. The summed E-state index contributed by atoms with van der Waals surface area (Å²) in [6.07, 6.45) is 4.34. The number of rotatable bonds is 15. The number of benzene rings is 1. The van der Waals surface area contributed by atoms with Crippen LogP contribution in [0.15, 0.2) is 36.4 Å². The number of carbonyl (C=O) groups is 2. The van der Waals surface area contributed by atoms with Crippen LogP contribution in [0, 0.1) is 5.82 Å². The van der Waals surface area contributed by atoms with Crippen molar-refractivity contribution in [2.24, 2.45) is 0 Å². The monoisotopic (exact) mass is 516 g/mol. The molecule has 0 saturated carbocycles. The second-order valence-corrected chi connectivity index (χ2v) is 9.16. The zero-order valence-corrected chi connectivity index (χ0v) is 21.4. The zero-order chi connectivity index (χ0) is 26.5. The summed E-state index contributed by atoms with van der Waals surface area (Å²) in [4.78, 5) is 30.7. The fourth-order valence-electron chi connectivity index (χ4n) is 4.23. The highest BCUT2D eigenvalue weighted by Gasteiger charge is 2.22. The number of carboxylic acid groups (broad SMARTS) is 1. The molecule has 202 valence electrons. The van der Waals surface area contributed by atoms with Gasteiger partial charge < -0.3 is 30.1 Å². The number of amides is 1. The quantitative estimate of drug-likeness (QED) is 0.308. The molecule has 0 fully saturated rings. The van der Waals surface area contributed by atoms with Gasteiger partial charge in [0.1, 0.15) is 24.3 Å². The number of anilines is 1. The number of aromatic nitrogens is 1. The highest BCUT2D eigenvalue weighted by atomic mass is 19.1. The third-order valence-electron chi connectivity index (χ3n) is 6.30. The van der Waals surface area contributed by atoms with Crippen molar-refractivity contribution in [1.82, 2.24) is 15.2 Å². The van der Waals surface area contributed by atoms with E-state index in [-0.39, 0.29) is 13.0 Å². The van der Waals surface area contributed by atoms with E-state index >= 15 is 0 Å². The summed E-state index contributed by atoms with van der Waals surface area (Å²) in [7, 11) is 1.63. The van der Waals surface area contributed by atoms with Crippen LogP contribution in [-0.4, -0.2) is 73.0 Å². The number of hydrogen-bond donors (Lipinski definition) is 3. The second-order valence-electron chi connectivity index (χ2n) is 9.16. The Hall–Kier alpha value is -3.24. The first-order valence-electron chi connectivity index (χ1n) is 12.8. The molecular formula is C27H37FN4O5. The minimum atomic E-state index is -1.14. The van der Waals surface area contributed by atoms with E-state index in [2.05, 4.69) is 27.7 Å². The lowest BCUT2D eigenvalue weighted by Crippen LogP contribution is -2.43. The van der Waals surface area contributed by atoms with Crippen LogP contribution in [-0.2, 0) is 33.7 Å². The Labute approximate surface area is 217 Å². The van der Waals surface area contributed by atoms with Crippen molar-refractivity contribution in [3.05, 3.63) is 59.0 Å². The van der Waals surface area contributed by atoms with Gasteiger partial charge in [-0.1, -0.05) is 18.2 Å². The van der Waals surface area contributed by atoms with E-state index < -0.39 is 23.9 Å². The van der Waals surface area contributed by atoms with Gasteiger partial charge in [-0.05, 0) is 74.4 Å². The van der Waals surface area contributed by atoms with Crippen molar-refractivity contribution in [2.75, 3.05) is 45.2 Å². The maximum Gasteiger partial charge on any atom is 0.408 e. The lowest BCUT2D eigenvalue weighted by atomic mass is 10.1. The Morgan fingerprint density at radius 1 is 1.22 bits per heavy atom. The Morgan fingerprint density at radius 2 is 2.08 bits per heavy atom. The predicted molar refractivity (Wildman–Crippen MR) is 138 cm³/mol. The molecule has 10 heteroatoms. The number of unbranched alkanes of at least 4 members (excludes halogenated alkanes) is 1. The molecule has 1 aliphatic rings. The third-order valence-corrected chi connectivity index (χ3v) is 6.30. The number of fused-ring (bicyclic) bond motifs is 1. The molecule has 3 N–H and O–H groups in total. The van der Waals surface area contributed by atoms with E-state index in [0.29, 0.717) is 25.3 Å². The van der Waals surface area contributed by atoms with E-state index in [9.17, 15) is 19.1 Å². The molecule has 2 aromatic rings. The standard InChI is InChI=1S/C27H37FN4O5/c1-36-17-16-32(14-3-2-9-23-11-10-21-7-5-13-29-25(21)30-23)15-12-24(26(33)34)31-27(35)37-19-20-6-4-8-22(28)18-20/h4,6,8,10-11,18,24H,2-3,5,7,9,12-17,19H2,1H3,(H,29,30)(H,31,35)(H,33,34)/t24-/m0/s1. The van der Waals surface area contributed by atoms with Gasteiger partial charge in [0.15, 0.2) is 0 Å². The van der Waals surface area contributed by atoms with Crippen LogP contribution in [0.25, 0.3) is 0 Å². The van der Waals surface area contributed by atoms with Crippen LogP contribution in [0.4, 0.5) is 15.0 Å². The van der Waals surface area contributed by atoms with E-state index in [0.717, 1.165) is 56.7 Å². The number of aryl methyl sites for hydroxylation is 2. The Balaban J connectivity index is 1.42. The fourth-order valence-corrected chi connectivity index (χ4v) is 4.23. The zero-order valence-electron chi connectivity index (χ0n) is 21.4. The summed E-state index contributed by atoms with van der Waals surface area (Å²) in [6, 6.07) is 8.85. The van der Waals surface area contributed by atoms with Crippen LogP contribution in [0.5, 0.6) is 0 Å². The number of halogens is 1. The van der Waals surface area contributed by atoms with Gasteiger partial charge in [0.2, 0.25) is 0 Å². The number of ether oxygens (including phenoxy) is 2. The molecule has 1 amide bonds. The minimum Gasteiger partial charge on any atom is -0.480 e. The predicted octanol–water partition coefficient (Wildman–Crippen LogP) is 3.62. The van der Waals surface area contributed by atoms with E-state index in [4.69, 9.17) is 14.5 Å². The Kier molecular flexibility index (Phi) is 11.6. The van der Waals surface area contributed by atoms with Gasteiger partial charge in [0.25, 0.3) is 0 Å². The molecule has 1 aromatic carbocycles. The van der Waals surface area contributed by atoms with Crippen molar-refractivity contribution in [3.63, 3.8) is 0 Å². The van der Waals surface area contributed by atoms with Gasteiger partial charge in [-0.15, -0.1) is 0 Å². The lowest BCUT2D eigenvalue weighted by molar-refractivity contribution is -0.139. The topological polar surface area (TPSA) is 113 Å². The summed E-state index contributed by atoms with van der Waals surface area (Å²) < 4.78 is 23.6. The molecule has 0 spiro atoms. The van der Waals surface area contributed by atoms with E-state index in [1.807, 2.05) is 0 Å². The molecule has 37 heavy (non-hydrogen) atoms. The van der Waals surface area contributed by atoms with Gasteiger partial charge in [-0.25, -0.2) is 19.0 Å². The molecule has 1 atom stereocenters. The first-order chi connectivity index (χ1) is 17.9. The molecule has 0 bridgehead atoms. The van der Waals surface area contributed by atoms with Crippen LogP contribution < -0.4 is 10.6 Å².